The van der Waals surface area contributed by atoms with Gasteiger partial charge in [0.05, 0.1) is 11.4 Å². The van der Waals surface area contributed by atoms with Gasteiger partial charge >= 0.3 is 0 Å². The Bertz CT molecular complexity index is 859. The zero-order valence-electron chi connectivity index (χ0n) is 14.1. The maximum Gasteiger partial charge on any atom is 0.188 e. The number of aromatic nitrogens is 2. The summed E-state index contributed by atoms with van der Waals surface area (Å²) in [6, 6.07) is 14.4. The monoisotopic (exact) mass is 366 g/mol. The molecular weight excluding hydrogens is 350 g/mol. The number of halogens is 2. The van der Waals surface area contributed by atoms with E-state index >= 15 is 0 Å². The summed E-state index contributed by atoms with van der Waals surface area (Å²) in [6.07, 6.45) is 9.39. The Balaban J connectivity index is 1.83. The lowest BCUT2D eigenvalue weighted by Gasteiger charge is -2.01. The Morgan fingerprint density at radius 1 is 0.692 bits per heavy atom. The third-order valence-electron chi connectivity index (χ3n) is 3.56. The molecule has 3 rings (SSSR count). The van der Waals surface area contributed by atoms with E-state index in [0.717, 1.165) is 22.5 Å². The molecule has 1 heterocycles. The van der Waals surface area contributed by atoms with Crippen LogP contribution < -0.4 is 0 Å². The molecule has 0 spiro atoms. The topological polar surface area (TPSA) is 25.8 Å². The normalized spacial score (nSPS) is 11.5. The predicted molar refractivity (Wildman–Crippen MR) is 104 cm³/mol. The van der Waals surface area contributed by atoms with Gasteiger partial charge in [0.2, 0.25) is 0 Å². The third kappa shape index (κ3) is 5.10. The van der Waals surface area contributed by atoms with Gasteiger partial charge in [-0.3, -0.25) is 0 Å². The van der Waals surface area contributed by atoms with E-state index in [0.29, 0.717) is 5.16 Å². The molecule has 2 nitrogen and oxygen atoms in total. The van der Waals surface area contributed by atoms with Gasteiger partial charge in [0.15, 0.2) is 5.16 Å². The van der Waals surface area contributed by atoms with Crippen LogP contribution in [0.1, 0.15) is 22.5 Å². The van der Waals surface area contributed by atoms with Crippen LogP contribution in [0.5, 0.6) is 0 Å². The SMILES string of the molecule is CSc1nc(/C=C/c2ccc(F)cc2)cc(/C=C/c2ccc(F)cc2)n1. The molecule has 0 radical (unpaired) electrons. The van der Waals surface area contributed by atoms with Gasteiger partial charge < -0.3 is 0 Å². The fraction of sp³-hybridized carbons (Fsp3) is 0.0476. The predicted octanol–water partition coefficient (Wildman–Crippen LogP) is 5.82. The van der Waals surface area contributed by atoms with Crippen molar-refractivity contribution < 1.29 is 8.78 Å². The highest BCUT2D eigenvalue weighted by molar-refractivity contribution is 7.98. The van der Waals surface area contributed by atoms with Crippen LogP contribution in [0.25, 0.3) is 24.3 Å². The zero-order chi connectivity index (χ0) is 18.4. The molecule has 5 heteroatoms. The van der Waals surface area contributed by atoms with Gasteiger partial charge in [-0.2, -0.15) is 0 Å². The van der Waals surface area contributed by atoms with Crippen molar-refractivity contribution >= 4 is 36.1 Å². The van der Waals surface area contributed by atoms with Crippen LogP contribution in [-0.2, 0) is 0 Å². The van der Waals surface area contributed by atoms with Crippen molar-refractivity contribution in [3.8, 4) is 0 Å². The summed E-state index contributed by atoms with van der Waals surface area (Å²) in [6.45, 7) is 0. The first-order chi connectivity index (χ1) is 12.6. The van der Waals surface area contributed by atoms with Gasteiger partial charge in [0.25, 0.3) is 0 Å². The standard InChI is InChI=1S/C21H16F2N2S/c1-26-21-24-19(12-6-15-2-8-17(22)9-3-15)14-20(25-21)13-7-16-4-10-18(23)11-5-16/h2-14H,1H3/b12-6+,13-7+. The lowest BCUT2D eigenvalue weighted by atomic mass is 10.1. The quantitative estimate of drug-likeness (QED) is 0.420. The molecule has 2 aromatic carbocycles. The van der Waals surface area contributed by atoms with E-state index in [9.17, 15) is 8.78 Å². The molecule has 0 saturated heterocycles. The van der Waals surface area contributed by atoms with Crippen molar-refractivity contribution in [3.63, 3.8) is 0 Å². The van der Waals surface area contributed by atoms with Crippen LogP contribution in [0.2, 0.25) is 0 Å². The molecule has 0 aliphatic rings. The van der Waals surface area contributed by atoms with E-state index in [4.69, 9.17) is 0 Å². The molecule has 1 aromatic heterocycles. The summed E-state index contributed by atoms with van der Waals surface area (Å²) < 4.78 is 25.9. The van der Waals surface area contributed by atoms with Crippen molar-refractivity contribution in [2.24, 2.45) is 0 Å². The highest BCUT2D eigenvalue weighted by Crippen LogP contribution is 2.16. The lowest BCUT2D eigenvalue weighted by molar-refractivity contribution is 0.627. The van der Waals surface area contributed by atoms with Crippen LogP contribution in [0.4, 0.5) is 8.78 Å². The molecule has 130 valence electrons. The minimum atomic E-state index is -0.262. The zero-order valence-corrected chi connectivity index (χ0v) is 14.9. The second-order valence-electron chi connectivity index (χ2n) is 5.47. The second-order valence-corrected chi connectivity index (χ2v) is 6.25. The van der Waals surface area contributed by atoms with Crippen LogP contribution >= 0.6 is 11.8 Å². The van der Waals surface area contributed by atoms with Gasteiger partial charge in [0, 0.05) is 0 Å². The summed E-state index contributed by atoms with van der Waals surface area (Å²) in [5.41, 5.74) is 3.29. The van der Waals surface area contributed by atoms with Gasteiger partial charge in [-0.15, -0.1) is 0 Å². The summed E-state index contributed by atoms with van der Waals surface area (Å²) in [5.74, 6) is -0.524. The first-order valence-corrected chi connectivity index (χ1v) is 9.15. The van der Waals surface area contributed by atoms with Crippen molar-refractivity contribution in [2.45, 2.75) is 5.16 Å². The first kappa shape index (κ1) is 18.0. The molecule has 0 N–H and O–H groups in total. The number of hydrogen-bond donors (Lipinski definition) is 0. The number of hydrogen-bond acceptors (Lipinski definition) is 3. The number of rotatable bonds is 5. The number of benzene rings is 2. The lowest BCUT2D eigenvalue weighted by Crippen LogP contribution is -1.92. The fourth-order valence-electron chi connectivity index (χ4n) is 2.23. The van der Waals surface area contributed by atoms with Gasteiger partial charge in [-0.1, -0.05) is 48.2 Å². The second kappa shape index (κ2) is 8.54. The smallest absolute Gasteiger partial charge is 0.188 e. The maximum atomic E-state index is 13.0. The fourth-order valence-corrected chi connectivity index (χ4v) is 2.63. The summed E-state index contributed by atoms with van der Waals surface area (Å²) in [7, 11) is 0. The Kier molecular flexibility index (Phi) is 5.92. The molecule has 0 amide bonds. The molecule has 0 unspecified atom stereocenters. The molecular formula is C21H16F2N2S. The summed E-state index contributed by atoms with van der Waals surface area (Å²) in [4.78, 5) is 8.92. The van der Waals surface area contributed by atoms with Crippen LogP contribution in [0, 0.1) is 11.6 Å². The molecule has 0 atom stereocenters. The molecule has 0 bridgehead atoms. The van der Waals surface area contributed by atoms with Crippen molar-refractivity contribution in [2.75, 3.05) is 6.26 Å². The number of thioether (sulfide) groups is 1. The Labute approximate surface area is 155 Å². The van der Waals surface area contributed by atoms with E-state index in [1.54, 1.807) is 24.3 Å². The first-order valence-electron chi connectivity index (χ1n) is 7.93. The molecule has 3 aromatic rings. The Morgan fingerprint density at radius 2 is 1.12 bits per heavy atom. The molecule has 0 aliphatic carbocycles. The molecule has 0 aliphatic heterocycles. The van der Waals surface area contributed by atoms with Gasteiger partial charge in [-0.05, 0) is 59.9 Å². The summed E-state index contributed by atoms with van der Waals surface area (Å²) >= 11 is 1.46. The average Bonchev–Trinajstić information content (AvgIpc) is 2.67. The van der Waals surface area contributed by atoms with E-state index in [1.807, 2.05) is 36.6 Å². The van der Waals surface area contributed by atoms with Crippen LogP contribution in [0.15, 0.2) is 59.8 Å². The molecule has 0 fully saturated rings. The van der Waals surface area contributed by atoms with Crippen molar-refractivity contribution in [1.29, 1.82) is 0 Å². The van der Waals surface area contributed by atoms with E-state index in [2.05, 4.69) is 9.97 Å². The van der Waals surface area contributed by atoms with E-state index < -0.39 is 0 Å². The summed E-state index contributed by atoms with van der Waals surface area (Å²) in [5, 5.41) is 0.657. The number of nitrogens with zero attached hydrogens (tertiary/aromatic N) is 2. The Hall–Kier alpha value is -2.79. The van der Waals surface area contributed by atoms with Crippen molar-refractivity contribution in [3.05, 3.63) is 88.7 Å². The molecule has 0 saturated carbocycles. The maximum absolute atomic E-state index is 13.0. The Morgan fingerprint density at radius 3 is 1.50 bits per heavy atom. The average molecular weight is 366 g/mol. The molecule has 26 heavy (non-hydrogen) atoms. The van der Waals surface area contributed by atoms with Crippen LogP contribution in [0.3, 0.4) is 0 Å². The third-order valence-corrected chi connectivity index (χ3v) is 4.11. The highest BCUT2D eigenvalue weighted by atomic mass is 32.2. The van der Waals surface area contributed by atoms with Gasteiger partial charge in [0.1, 0.15) is 11.6 Å². The minimum Gasteiger partial charge on any atom is -0.223 e. The van der Waals surface area contributed by atoms with E-state index in [1.165, 1.54) is 36.0 Å². The van der Waals surface area contributed by atoms with E-state index in [-0.39, 0.29) is 11.6 Å². The van der Waals surface area contributed by atoms with Crippen LogP contribution in [-0.4, -0.2) is 16.2 Å². The largest absolute Gasteiger partial charge is 0.223 e. The van der Waals surface area contributed by atoms with Gasteiger partial charge in [-0.25, -0.2) is 18.7 Å². The minimum absolute atomic E-state index is 0.262. The van der Waals surface area contributed by atoms with Crippen molar-refractivity contribution in [1.82, 2.24) is 9.97 Å². The highest BCUT2D eigenvalue weighted by Gasteiger charge is 2.01.